The van der Waals surface area contributed by atoms with Gasteiger partial charge in [0.15, 0.2) is 0 Å². The minimum absolute atomic E-state index is 0. The van der Waals surface area contributed by atoms with E-state index in [4.69, 9.17) is 0 Å². The Morgan fingerprint density at radius 1 is 0.812 bits per heavy atom. The predicted octanol–water partition coefficient (Wildman–Crippen LogP) is 0.396. The molecule has 0 aliphatic heterocycles. The van der Waals surface area contributed by atoms with Crippen molar-refractivity contribution in [2.75, 3.05) is 0 Å². The van der Waals surface area contributed by atoms with Gasteiger partial charge in [-0.2, -0.15) is 18.5 Å². The number of isocyanates is 3. The van der Waals surface area contributed by atoms with Crippen molar-refractivity contribution in [3.63, 3.8) is 0 Å². The lowest BCUT2D eigenvalue weighted by molar-refractivity contribution is 0.341. The van der Waals surface area contributed by atoms with E-state index >= 15 is 0 Å². The van der Waals surface area contributed by atoms with Crippen LogP contribution < -0.4 is 0 Å². The van der Waals surface area contributed by atoms with Gasteiger partial charge in [-0.05, 0) is 19.3 Å². The second kappa shape index (κ2) is 7.74. The highest BCUT2D eigenvalue weighted by Gasteiger charge is 2.33. The average Bonchev–Trinajstić information content (AvgIpc) is 2.23. The molecule has 0 aromatic heterocycles. The quantitative estimate of drug-likeness (QED) is 0.529. The Bertz CT molecular complexity index is 342. The van der Waals surface area contributed by atoms with Crippen molar-refractivity contribution in [3.8, 4) is 0 Å². The highest BCUT2D eigenvalue weighted by molar-refractivity contribution is 7.59. The molecule has 16 heavy (non-hydrogen) atoms. The summed E-state index contributed by atoms with van der Waals surface area (Å²) in [5, 5.41) is 0. The molecule has 0 N–H and O–H groups in total. The molecule has 0 amide bonds. The zero-order valence-corrected chi connectivity index (χ0v) is 9.42. The highest BCUT2D eigenvalue weighted by Crippen LogP contribution is 2.26. The van der Waals surface area contributed by atoms with Crippen LogP contribution in [0.1, 0.15) is 19.3 Å². The van der Waals surface area contributed by atoms with Gasteiger partial charge in [0, 0.05) is 0 Å². The van der Waals surface area contributed by atoms with Gasteiger partial charge in [-0.25, -0.2) is 24.4 Å². The van der Waals surface area contributed by atoms with Gasteiger partial charge in [0.2, 0.25) is 18.2 Å². The van der Waals surface area contributed by atoms with Gasteiger partial charge in [0.05, 0.1) is 12.1 Å². The second-order valence-electron chi connectivity index (χ2n) is 3.22. The zero-order chi connectivity index (χ0) is 11.1. The average molecular weight is 241 g/mol. The molecule has 0 radical (unpaired) electrons. The third-order valence-electron chi connectivity index (χ3n) is 2.43. The van der Waals surface area contributed by atoms with E-state index in [9.17, 15) is 14.4 Å². The SMILES string of the molecule is O=C=NC1CCCC(N=C=O)C1N=C=O.S. The summed E-state index contributed by atoms with van der Waals surface area (Å²) in [5.74, 6) is 0. The minimum Gasteiger partial charge on any atom is -0.211 e. The summed E-state index contributed by atoms with van der Waals surface area (Å²) in [6.07, 6.45) is 6.32. The third kappa shape index (κ3) is 3.57. The summed E-state index contributed by atoms with van der Waals surface area (Å²) in [4.78, 5) is 41.1. The number of rotatable bonds is 3. The monoisotopic (exact) mass is 241 g/mol. The fourth-order valence-electron chi connectivity index (χ4n) is 1.78. The lowest BCUT2D eigenvalue weighted by Crippen LogP contribution is -2.37. The molecule has 0 bridgehead atoms. The maximum Gasteiger partial charge on any atom is 0.235 e. The molecule has 0 saturated heterocycles. The van der Waals surface area contributed by atoms with Crippen LogP contribution in [-0.2, 0) is 14.4 Å². The van der Waals surface area contributed by atoms with Crippen LogP contribution in [0.15, 0.2) is 15.0 Å². The van der Waals surface area contributed by atoms with Crippen molar-refractivity contribution < 1.29 is 14.4 Å². The number of nitrogens with zero attached hydrogens (tertiary/aromatic N) is 3. The van der Waals surface area contributed by atoms with Crippen molar-refractivity contribution in [2.24, 2.45) is 15.0 Å². The van der Waals surface area contributed by atoms with E-state index in [1.54, 1.807) is 0 Å². The summed E-state index contributed by atoms with van der Waals surface area (Å²) < 4.78 is 0. The van der Waals surface area contributed by atoms with E-state index in [1.807, 2.05) is 0 Å². The molecule has 6 nitrogen and oxygen atoms in total. The van der Waals surface area contributed by atoms with Gasteiger partial charge in [-0.1, -0.05) is 0 Å². The maximum atomic E-state index is 10.2. The molecular formula is C9H11N3O3S. The Labute approximate surface area is 99.0 Å². The molecular weight excluding hydrogens is 230 g/mol. The fourth-order valence-corrected chi connectivity index (χ4v) is 1.78. The van der Waals surface area contributed by atoms with Crippen molar-refractivity contribution in [1.82, 2.24) is 0 Å². The Morgan fingerprint density at radius 3 is 1.62 bits per heavy atom. The maximum absolute atomic E-state index is 10.2. The Kier molecular flexibility index (Phi) is 7.01. The molecule has 1 fully saturated rings. The molecule has 2 atom stereocenters. The van der Waals surface area contributed by atoms with Crippen molar-refractivity contribution in [1.29, 1.82) is 0 Å². The van der Waals surface area contributed by atoms with Crippen molar-refractivity contribution in [3.05, 3.63) is 0 Å². The first-order chi connectivity index (χ1) is 7.33. The van der Waals surface area contributed by atoms with Crippen LogP contribution in [0.4, 0.5) is 0 Å². The van der Waals surface area contributed by atoms with Crippen LogP contribution in [0.25, 0.3) is 0 Å². The van der Waals surface area contributed by atoms with Crippen LogP contribution in [0, 0.1) is 0 Å². The fraction of sp³-hybridized carbons (Fsp3) is 0.667. The number of aliphatic imine (C=N–C) groups is 3. The predicted molar refractivity (Wildman–Crippen MR) is 60.0 cm³/mol. The van der Waals surface area contributed by atoms with Gasteiger partial charge < -0.3 is 0 Å². The molecule has 1 saturated carbocycles. The first-order valence-corrected chi connectivity index (χ1v) is 4.54. The molecule has 0 aromatic carbocycles. The van der Waals surface area contributed by atoms with Crippen LogP contribution in [0.2, 0.25) is 0 Å². The van der Waals surface area contributed by atoms with Gasteiger partial charge in [0.25, 0.3) is 0 Å². The van der Waals surface area contributed by atoms with Crippen molar-refractivity contribution in [2.45, 2.75) is 37.4 Å². The lowest BCUT2D eigenvalue weighted by Gasteiger charge is -2.27. The van der Waals surface area contributed by atoms with Gasteiger partial charge >= 0.3 is 0 Å². The van der Waals surface area contributed by atoms with E-state index in [1.165, 1.54) is 18.2 Å². The van der Waals surface area contributed by atoms with E-state index in [2.05, 4.69) is 15.0 Å². The standard InChI is InChI=1S/C9H9N3O3.H2S/c13-4-10-7-2-1-3-8(11-5-14)9(7)12-6-15;/h7-9H,1-3H2;1H2. The Balaban J connectivity index is 0.00000225. The molecule has 1 aliphatic rings. The van der Waals surface area contributed by atoms with E-state index in [0.29, 0.717) is 12.8 Å². The van der Waals surface area contributed by atoms with E-state index in [0.717, 1.165) is 6.42 Å². The lowest BCUT2D eigenvalue weighted by atomic mass is 9.87. The van der Waals surface area contributed by atoms with E-state index in [-0.39, 0.29) is 13.5 Å². The highest BCUT2D eigenvalue weighted by atomic mass is 32.1. The smallest absolute Gasteiger partial charge is 0.211 e. The first-order valence-electron chi connectivity index (χ1n) is 4.54. The van der Waals surface area contributed by atoms with Gasteiger partial charge in [0.1, 0.15) is 6.04 Å². The number of hydrogen-bond donors (Lipinski definition) is 0. The molecule has 86 valence electrons. The van der Waals surface area contributed by atoms with Crippen molar-refractivity contribution >= 4 is 31.7 Å². The summed E-state index contributed by atoms with van der Waals surface area (Å²) in [7, 11) is 0. The first kappa shape index (κ1) is 14.5. The molecule has 0 aromatic rings. The Morgan fingerprint density at radius 2 is 1.25 bits per heavy atom. The topological polar surface area (TPSA) is 88.3 Å². The molecule has 0 heterocycles. The van der Waals surface area contributed by atoms with Crippen LogP contribution in [0.3, 0.4) is 0 Å². The molecule has 1 rings (SSSR count). The Hall–Kier alpha value is -1.51. The number of hydrogen-bond acceptors (Lipinski definition) is 6. The molecule has 7 heteroatoms. The summed E-state index contributed by atoms with van der Waals surface area (Å²) in [6, 6.07) is -1.45. The molecule has 2 unspecified atom stereocenters. The largest absolute Gasteiger partial charge is 0.235 e. The number of carbonyl (C=O) groups excluding carboxylic acids is 3. The summed E-state index contributed by atoms with van der Waals surface area (Å²) in [5.41, 5.74) is 0. The van der Waals surface area contributed by atoms with E-state index < -0.39 is 18.1 Å². The van der Waals surface area contributed by atoms with Crippen LogP contribution in [-0.4, -0.2) is 36.4 Å². The zero-order valence-electron chi connectivity index (χ0n) is 8.42. The normalized spacial score (nSPS) is 27.4. The second-order valence-corrected chi connectivity index (χ2v) is 3.22. The third-order valence-corrected chi connectivity index (χ3v) is 2.43. The molecule has 1 aliphatic carbocycles. The molecule has 0 spiro atoms. The van der Waals surface area contributed by atoms with Crippen LogP contribution in [0.5, 0.6) is 0 Å². The van der Waals surface area contributed by atoms with Gasteiger partial charge in [-0.3, -0.25) is 0 Å². The minimum atomic E-state index is -0.584. The van der Waals surface area contributed by atoms with Crippen LogP contribution >= 0.6 is 13.5 Å². The van der Waals surface area contributed by atoms with Gasteiger partial charge in [-0.15, -0.1) is 0 Å². The summed E-state index contributed by atoms with van der Waals surface area (Å²) >= 11 is 0. The summed E-state index contributed by atoms with van der Waals surface area (Å²) in [6.45, 7) is 0.